The molecule has 0 spiro atoms. The van der Waals surface area contributed by atoms with Crippen LogP contribution in [0.5, 0.6) is 0 Å². The van der Waals surface area contributed by atoms with Crippen LogP contribution in [0.4, 0.5) is 5.69 Å². The van der Waals surface area contributed by atoms with E-state index in [-0.39, 0.29) is 47.5 Å². The number of nitrogens with zero attached hydrogens (tertiary/aromatic N) is 1. The molecule has 7 nitrogen and oxygen atoms in total. The van der Waals surface area contributed by atoms with Crippen molar-refractivity contribution in [1.82, 2.24) is 0 Å². The second-order valence-electron chi connectivity index (χ2n) is 10.5. The molecule has 1 saturated carbocycles. The van der Waals surface area contributed by atoms with Gasteiger partial charge in [-0.3, -0.25) is 19.7 Å². The molecule has 0 amide bonds. The standard InChI is InChI=1S/C23H27NO6/c1-21(2)9-15(25)19-17(11-21)30-23(27)12-22(3,4)10-16(26)20(23)18(19)13-7-5-6-8-14(13)24(28)29/h5-8,18,20,27H,9-12H2,1-4H3/t18-,20-,23+/m1/s1. The summed E-state index contributed by atoms with van der Waals surface area (Å²) in [5.41, 5.74) is -0.412. The first kappa shape index (κ1) is 20.7. The van der Waals surface area contributed by atoms with E-state index >= 15 is 0 Å². The van der Waals surface area contributed by atoms with Crippen molar-refractivity contribution >= 4 is 17.3 Å². The van der Waals surface area contributed by atoms with E-state index < -0.39 is 28.0 Å². The number of fused-ring (bicyclic) bond motifs is 1. The Morgan fingerprint density at radius 2 is 1.73 bits per heavy atom. The summed E-state index contributed by atoms with van der Waals surface area (Å²) in [7, 11) is 0. The van der Waals surface area contributed by atoms with E-state index in [1.807, 2.05) is 27.7 Å². The number of rotatable bonds is 2. The number of aliphatic hydroxyl groups is 1. The first-order valence-electron chi connectivity index (χ1n) is 10.3. The largest absolute Gasteiger partial charge is 0.466 e. The maximum atomic E-state index is 13.3. The molecule has 1 aromatic carbocycles. The highest BCUT2D eigenvalue weighted by Gasteiger charge is 2.61. The number of Topliss-reactive ketones (excluding diaryl/α,β-unsaturated/α-hetero) is 2. The third-order valence-corrected chi connectivity index (χ3v) is 6.51. The van der Waals surface area contributed by atoms with Gasteiger partial charge in [0.15, 0.2) is 5.78 Å². The number of ether oxygens (including phenoxy) is 1. The summed E-state index contributed by atoms with van der Waals surface area (Å²) < 4.78 is 6.07. The molecule has 2 aliphatic carbocycles. The van der Waals surface area contributed by atoms with Crippen LogP contribution in [0.25, 0.3) is 0 Å². The highest BCUT2D eigenvalue weighted by molar-refractivity contribution is 6.01. The zero-order valence-corrected chi connectivity index (χ0v) is 17.7. The number of ketones is 2. The molecule has 1 aromatic rings. The second-order valence-corrected chi connectivity index (χ2v) is 10.5. The van der Waals surface area contributed by atoms with Gasteiger partial charge >= 0.3 is 0 Å². The maximum absolute atomic E-state index is 13.3. The summed E-state index contributed by atoms with van der Waals surface area (Å²) in [5, 5.41) is 23.4. The quantitative estimate of drug-likeness (QED) is 0.579. The van der Waals surface area contributed by atoms with E-state index in [4.69, 9.17) is 4.74 Å². The number of para-hydroxylation sites is 1. The number of nitro benzene ring substituents is 1. The van der Waals surface area contributed by atoms with Crippen molar-refractivity contribution in [3.63, 3.8) is 0 Å². The summed E-state index contributed by atoms with van der Waals surface area (Å²) in [5.74, 6) is -3.81. The van der Waals surface area contributed by atoms with Crippen molar-refractivity contribution in [3.05, 3.63) is 51.3 Å². The maximum Gasteiger partial charge on any atom is 0.273 e. The molecular formula is C23H27NO6. The lowest BCUT2D eigenvalue weighted by atomic mass is 9.59. The van der Waals surface area contributed by atoms with Gasteiger partial charge in [-0.15, -0.1) is 0 Å². The van der Waals surface area contributed by atoms with Gasteiger partial charge in [0.25, 0.3) is 5.69 Å². The predicted octanol–water partition coefficient (Wildman–Crippen LogP) is 4.05. The summed E-state index contributed by atoms with van der Waals surface area (Å²) >= 11 is 0. The van der Waals surface area contributed by atoms with Crippen LogP contribution in [-0.2, 0) is 14.3 Å². The van der Waals surface area contributed by atoms with E-state index in [0.717, 1.165) is 0 Å². The summed E-state index contributed by atoms with van der Waals surface area (Å²) in [6.45, 7) is 7.68. The van der Waals surface area contributed by atoms with E-state index in [1.165, 1.54) is 6.07 Å². The van der Waals surface area contributed by atoms with Crippen molar-refractivity contribution in [3.8, 4) is 0 Å². The van der Waals surface area contributed by atoms with Crippen LogP contribution in [0, 0.1) is 26.9 Å². The molecule has 0 radical (unpaired) electrons. The lowest BCUT2D eigenvalue weighted by Gasteiger charge is -2.53. The molecule has 0 bridgehead atoms. The van der Waals surface area contributed by atoms with E-state index in [0.29, 0.717) is 17.8 Å². The van der Waals surface area contributed by atoms with Crippen molar-refractivity contribution in [2.45, 2.75) is 65.1 Å². The van der Waals surface area contributed by atoms with Gasteiger partial charge in [-0.25, -0.2) is 0 Å². The Balaban J connectivity index is 1.98. The van der Waals surface area contributed by atoms with Crippen molar-refractivity contribution in [2.24, 2.45) is 16.7 Å². The minimum atomic E-state index is -1.81. The Morgan fingerprint density at radius 3 is 2.40 bits per heavy atom. The molecule has 4 rings (SSSR count). The van der Waals surface area contributed by atoms with Gasteiger partial charge in [0.05, 0.1) is 10.8 Å². The normalized spacial score (nSPS) is 32.2. The second kappa shape index (κ2) is 6.48. The third-order valence-electron chi connectivity index (χ3n) is 6.51. The average molecular weight is 413 g/mol. The number of nitro groups is 1. The van der Waals surface area contributed by atoms with E-state index in [2.05, 4.69) is 0 Å². The predicted molar refractivity (Wildman–Crippen MR) is 108 cm³/mol. The molecule has 0 saturated heterocycles. The van der Waals surface area contributed by atoms with Crippen LogP contribution in [-0.4, -0.2) is 27.4 Å². The van der Waals surface area contributed by atoms with Gasteiger partial charge < -0.3 is 9.84 Å². The van der Waals surface area contributed by atoms with Crippen LogP contribution in [0.2, 0.25) is 0 Å². The highest BCUT2D eigenvalue weighted by atomic mass is 16.6. The van der Waals surface area contributed by atoms with Gasteiger partial charge in [0.2, 0.25) is 5.79 Å². The average Bonchev–Trinajstić information content (AvgIpc) is 2.56. The summed E-state index contributed by atoms with van der Waals surface area (Å²) in [6, 6.07) is 6.17. The van der Waals surface area contributed by atoms with Crippen LogP contribution >= 0.6 is 0 Å². The van der Waals surface area contributed by atoms with Gasteiger partial charge in [0, 0.05) is 48.8 Å². The Morgan fingerprint density at radius 1 is 1.07 bits per heavy atom. The van der Waals surface area contributed by atoms with Gasteiger partial charge in [-0.2, -0.15) is 0 Å². The Labute approximate surface area is 175 Å². The molecule has 3 atom stereocenters. The zero-order valence-electron chi connectivity index (χ0n) is 17.7. The SMILES string of the molecule is CC1(C)CC(=O)C2=C(C1)O[C@@]1(O)CC(C)(C)CC(=O)[C@@H]1[C@@H]2c1ccccc1[N+](=O)[O-]. The van der Waals surface area contributed by atoms with Gasteiger partial charge in [0.1, 0.15) is 11.5 Å². The number of hydrogen-bond acceptors (Lipinski definition) is 6. The number of benzene rings is 1. The fourth-order valence-electron chi connectivity index (χ4n) is 5.58. The summed E-state index contributed by atoms with van der Waals surface area (Å²) in [4.78, 5) is 37.8. The van der Waals surface area contributed by atoms with Gasteiger partial charge in [-0.1, -0.05) is 45.9 Å². The minimum Gasteiger partial charge on any atom is -0.466 e. The molecule has 3 aliphatic rings. The first-order valence-corrected chi connectivity index (χ1v) is 10.3. The summed E-state index contributed by atoms with van der Waals surface area (Å²) in [6.07, 6.45) is 1.10. The molecule has 1 heterocycles. The van der Waals surface area contributed by atoms with Crippen LogP contribution < -0.4 is 0 Å². The van der Waals surface area contributed by atoms with Crippen molar-refractivity contribution < 1.29 is 24.4 Å². The molecular weight excluding hydrogens is 386 g/mol. The van der Waals surface area contributed by atoms with Crippen LogP contribution in [0.15, 0.2) is 35.6 Å². The van der Waals surface area contributed by atoms with Crippen LogP contribution in [0.1, 0.15) is 64.9 Å². The smallest absolute Gasteiger partial charge is 0.273 e. The van der Waals surface area contributed by atoms with Gasteiger partial charge in [-0.05, 0) is 10.8 Å². The minimum absolute atomic E-state index is 0.158. The molecule has 1 N–H and O–H groups in total. The fraction of sp³-hybridized carbons (Fsp3) is 0.565. The Hall–Kier alpha value is -2.54. The number of allylic oxidation sites excluding steroid dienone is 2. The third kappa shape index (κ3) is 3.25. The van der Waals surface area contributed by atoms with E-state index in [1.54, 1.807) is 18.2 Å². The topological polar surface area (TPSA) is 107 Å². The molecule has 0 aromatic heterocycles. The highest BCUT2D eigenvalue weighted by Crippen LogP contribution is 2.58. The number of carbonyl (C=O) groups is 2. The number of hydrogen-bond donors (Lipinski definition) is 1. The molecule has 0 unspecified atom stereocenters. The monoisotopic (exact) mass is 413 g/mol. The molecule has 30 heavy (non-hydrogen) atoms. The van der Waals surface area contributed by atoms with E-state index in [9.17, 15) is 24.8 Å². The fourth-order valence-corrected chi connectivity index (χ4v) is 5.58. The Bertz CT molecular complexity index is 991. The zero-order chi connectivity index (χ0) is 22.1. The van der Waals surface area contributed by atoms with Crippen molar-refractivity contribution in [1.29, 1.82) is 0 Å². The lowest BCUT2D eigenvalue weighted by Crippen LogP contribution is -2.58. The number of carbonyl (C=O) groups excluding carboxylic acids is 2. The first-order chi connectivity index (χ1) is 13.8. The molecule has 1 aliphatic heterocycles. The Kier molecular flexibility index (Phi) is 4.47. The molecule has 160 valence electrons. The molecule has 7 heteroatoms. The lowest BCUT2D eigenvalue weighted by molar-refractivity contribution is -0.385. The molecule has 1 fully saturated rings. The van der Waals surface area contributed by atoms with Crippen LogP contribution in [0.3, 0.4) is 0 Å². The van der Waals surface area contributed by atoms with Crippen molar-refractivity contribution in [2.75, 3.05) is 0 Å².